The number of hydrogen-bond acceptors (Lipinski definition) is 4. The molecule has 1 N–H and O–H groups in total. The predicted octanol–water partition coefficient (Wildman–Crippen LogP) is 3.47. The molecule has 2 aromatic rings. The van der Waals surface area contributed by atoms with Crippen molar-refractivity contribution in [3.8, 4) is 0 Å². The van der Waals surface area contributed by atoms with Crippen molar-refractivity contribution in [1.29, 1.82) is 0 Å². The van der Waals surface area contributed by atoms with Crippen LogP contribution in [0.1, 0.15) is 42.1 Å². The third-order valence-corrected chi connectivity index (χ3v) is 4.20. The normalized spacial score (nSPS) is 11.5. The molecule has 148 valence electrons. The number of carbonyl (C=O) groups excluding carboxylic acids is 3. The van der Waals surface area contributed by atoms with Crippen LogP contribution in [0.25, 0.3) is 0 Å². The highest BCUT2D eigenvalue weighted by atomic mass is 19.1. The Hall–Kier alpha value is -3.02. The number of benzene rings is 2. The average Bonchev–Trinajstić information content (AvgIpc) is 2.70. The highest BCUT2D eigenvalue weighted by Gasteiger charge is 2.13. The van der Waals surface area contributed by atoms with Crippen LogP contribution in [-0.2, 0) is 20.7 Å². The van der Waals surface area contributed by atoms with Crippen molar-refractivity contribution in [2.75, 3.05) is 6.61 Å². The molecule has 0 bridgehead atoms. The molecule has 2 rings (SSSR count). The van der Waals surface area contributed by atoms with Crippen LogP contribution in [0.3, 0.4) is 0 Å². The summed E-state index contributed by atoms with van der Waals surface area (Å²) in [6, 6.07) is 15.0. The first-order valence-corrected chi connectivity index (χ1v) is 9.21. The number of esters is 1. The van der Waals surface area contributed by atoms with E-state index in [1.165, 1.54) is 29.8 Å². The number of ether oxygens (including phenoxy) is 1. The van der Waals surface area contributed by atoms with Crippen LogP contribution in [-0.4, -0.2) is 30.3 Å². The molecule has 0 fully saturated rings. The highest BCUT2D eigenvalue weighted by Crippen LogP contribution is 2.08. The summed E-state index contributed by atoms with van der Waals surface area (Å²) in [4.78, 5) is 35.5. The third-order valence-electron chi connectivity index (χ3n) is 4.20. The molecule has 0 aromatic heterocycles. The Balaban J connectivity index is 1.62. The Morgan fingerprint density at radius 2 is 1.68 bits per heavy atom. The largest absolute Gasteiger partial charge is 0.456 e. The van der Waals surface area contributed by atoms with Crippen molar-refractivity contribution >= 4 is 17.7 Å². The van der Waals surface area contributed by atoms with E-state index in [1.54, 1.807) is 0 Å². The molecule has 0 heterocycles. The smallest absolute Gasteiger partial charge is 0.306 e. The number of carbonyl (C=O) groups is 3. The summed E-state index contributed by atoms with van der Waals surface area (Å²) >= 11 is 0. The maximum absolute atomic E-state index is 12.8. The second-order valence-electron chi connectivity index (χ2n) is 6.58. The number of Topliss-reactive ketones (excluding diaryl/α,β-unsaturated/α-hetero) is 1. The monoisotopic (exact) mass is 385 g/mol. The number of rotatable bonds is 10. The lowest BCUT2D eigenvalue weighted by atomic mass is 10.1. The summed E-state index contributed by atoms with van der Waals surface area (Å²) in [6.07, 6.45) is 1.43. The summed E-state index contributed by atoms with van der Waals surface area (Å²) in [7, 11) is 0. The highest BCUT2D eigenvalue weighted by molar-refractivity contribution is 5.97. The summed E-state index contributed by atoms with van der Waals surface area (Å²) in [5.74, 6) is -1.71. The number of hydrogen-bond donors (Lipinski definition) is 1. The first kappa shape index (κ1) is 21.3. The number of ketones is 1. The molecule has 1 atom stereocenters. The lowest BCUT2D eigenvalue weighted by Crippen LogP contribution is -2.36. The summed E-state index contributed by atoms with van der Waals surface area (Å²) < 4.78 is 17.8. The maximum Gasteiger partial charge on any atom is 0.306 e. The van der Waals surface area contributed by atoms with Crippen LogP contribution in [0.15, 0.2) is 54.6 Å². The van der Waals surface area contributed by atoms with E-state index in [0.29, 0.717) is 5.56 Å². The van der Waals surface area contributed by atoms with E-state index < -0.39 is 11.8 Å². The number of aryl methyl sites for hydroxylation is 1. The second kappa shape index (κ2) is 11.0. The van der Waals surface area contributed by atoms with E-state index in [4.69, 9.17) is 4.74 Å². The molecular weight excluding hydrogens is 361 g/mol. The van der Waals surface area contributed by atoms with E-state index in [0.717, 1.165) is 12.8 Å². The molecule has 28 heavy (non-hydrogen) atoms. The fourth-order valence-corrected chi connectivity index (χ4v) is 2.63. The first-order valence-electron chi connectivity index (χ1n) is 9.21. The molecule has 0 radical (unpaired) electrons. The van der Waals surface area contributed by atoms with Crippen LogP contribution in [0.4, 0.5) is 4.39 Å². The van der Waals surface area contributed by atoms with Gasteiger partial charge < -0.3 is 10.1 Å². The van der Waals surface area contributed by atoms with Crippen LogP contribution in [0.2, 0.25) is 0 Å². The van der Waals surface area contributed by atoms with Crippen molar-refractivity contribution < 1.29 is 23.5 Å². The molecule has 0 saturated heterocycles. The van der Waals surface area contributed by atoms with E-state index >= 15 is 0 Å². The average molecular weight is 385 g/mol. The zero-order valence-electron chi connectivity index (χ0n) is 15.8. The van der Waals surface area contributed by atoms with Gasteiger partial charge in [0.1, 0.15) is 5.82 Å². The Morgan fingerprint density at radius 3 is 2.36 bits per heavy atom. The van der Waals surface area contributed by atoms with Crippen LogP contribution < -0.4 is 5.32 Å². The molecule has 0 aliphatic rings. The van der Waals surface area contributed by atoms with Gasteiger partial charge >= 0.3 is 5.97 Å². The van der Waals surface area contributed by atoms with Gasteiger partial charge in [0.05, 0.1) is 6.42 Å². The van der Waals surface area contributed by atoms with E-state index in [-0.39, 0.29) is 37.2 Å². The predicted molar refractivity (Wildman–Crippen MR) is 103 cm³/mol. The molecule has 5 nitrogen and oxygen atoms in total. The molecule has 0 aliphatic heterocycles. The molecule has 0 saturated carbocycles. The van der Waals surface area contributed by atoms with E-state index in [9.17, 15) is 18.8 Å². The Labute approximate surface area is 163 Å². The van der Waals surface area contributed by atoms with Crippen molar-refractivity contribution in [3.63, 3.8) is 0 Å². The van der Waals surface area contributed by atoms with Gasteiger partial charge in [-0.25, -0.2) is 4.39 Å². The summed E-state index contributed by atoms with van der Waals surface area (Å²) in [5.41, 5.74) is 1.53. The minimum atomic E-state index is -0.623. The van der Waals surface area contributed by atoms with Crippen LogP contribution in [0, 0.1) is 5.82 Å². The molecule has 2 aromatic carbocycles. The Bertz CT molecular complexity index is 790. The van der Waals surface area contributed by atoms with Gasteiger partial charge in [-0.15, -0.1) is 0 Å². The van der Waals surface area contributed by atoms with Gasteiger partial charge in [0, 0.05) is 18.0 Å². The zero-order valence-corrected chi connectivity index (χ0v) is 15.8. The van der Waals surface area contributed by atoms with Gasteiger partial charge in [-0.3, -0.25) is 14.4 Å². The van der Waals surface area contributed by atoms with Gasteiger partial charge in [0.25, 0.3) is 5.91 Å². The van der Waals surface area contributed by atoms with Gasteiger partial charge in [-0.1, -0.05) is 30.3 Å². The lowest BCUT2D eigenvalue weighted by Gasteiger charge is -2.14. The molecular formula is C22H24FNO4. The van der Waals surface area contributed by atoms with Crippen molar-refractivity contribution in [3.05, 3.63) is 71.5 Å². The third kappa shape index (κ3) is 7.70. The fraction of sp³-hybridized carbons (Fsp3) is 0.318. The van der Waals surface area contributed by atoms with Gasteiger partial charge in [0.2, 0.25) is 0 Å². The lowest BCUT2D eigenvalue weighted by molar-refractivity contribution is -0.148. The molecule has 1 unspecified atom stereocenters. The molecule has 0 aliphatic carbocycles. The van der Waals surface area contributed by atoms with E-state index in [1.807, 2.05) is 37.3 Å². The summed E-state index contributed by atoms with van der Waals surface area (Å²) in [5, 5.41) is 2.78. The topological polar surface area (TPSA) is 72.5 Å². The Morgan fingerprint density at radius 1 is 1.00 bits per heavy atom. The van der Waals surface area contributed by atoms with Gasteiger partial charge in [0.15, 0.2) is 12.4 Å². The molecule has 1 amide bonds. The SMILES string of the molecule is CC(CCc1ccccc1)NC(=O)COC(=O)CCC(=O)c1ccc(F)cc1. The van der Waals surface area contributed by atoms with Gasteiger partial charge in [-0.2, -0.15) is 0 Å². The second-order valence-corrected chi connectivity index (χ2v) is 6.58. The number of nitrogens with one attached hydrogen (secondary N) is 1. The standard InChI is InChI=1S/C22H24FNO4/c1-16(7-8-17-5-3-2-4-6-17)24-21(26)15-28-22(27)14-13-20(25)18-9-11-19(23)12-10-18/h2-6,9-12,16H,7-8,13-15H2,1H3,(H,24,26). The minimum absolute atomic E-state index is 0.0496. The van der Waals surface area contributed by atoms with Crippen LogP contribution in [0.5, 0.6) is 0 Å². The minimum Gasteiger partial charge on any atom is -0.456 e. The molecule has 6 heteroatoms. The molecule has 0 spiro atoms. The van der Waals surface area contributed by atoms with Crippen LogP contribution >= 0.6 is 0 Å². The summed E-state index contributed by atoms with van der Waals surface area (Å²) in [6.45, 7) is 1.52. The number of amides is 1. The van der Waals surface area contributed by atoms with Crippen molar-refractivity contribution in [2.45, 2.75) is 38.6 Å². The number of halogens is 1. The fourth-order valence-electron chi connectivity index (χ4n) is 2.63. The van der Waals surface area contributed by atoms with Crippen molar-refractivity contribution in [2.24, 2.45) is 0 Å². The maximum atomic E-state index is 12.8. The van der Waals surface area contributed by atoms with E-state index in [2.05, 4.69) is 5.32 Å². The van der Waals surface area contributed by atoms with Gasteiger partial charge in [-0.05, 0) is 49.6 Å². The Kier molecular flexibility index (Phi) is 8.34. The van der Waals surface area contributed by atoms with Crippen molar-refractivity contribution in [1.82, 2.24) is 5.32 Å². The zero-order chi connectivity index (χ0) is 20.4. The quantitative estimate of drug-likeness (QED) is 0.502. The first-order chi connectivity index (χ1) is 13.4.